The average molecular weight is 253 g/mol. The van der Waals surface area contributed by atoms with E-state index in [1.54, 1.807) is 14.0 Å². The molecule has 0 fully saturated rings. The molecule has 0 aromatic rings. The number of nitrogens with zero attached hydrogens (tertiary/aromatic N) is 1. The Labute approximate surface area is 105 Å². The molecule has 0 saturated carbocycles. The van der Waals surface area contributed by atoms with Gasteiger partial charge in [-0.25, -0.2) is 0 Å². The van der Waals surface area contributed by atoms with Crippen LogP contribution in [0.2, 0.25) is 0 Å². The quantitative estimate of drug-likeness (QED) is 0.746. The van der Waals surface area contributed by atoms with Crippen molar-refractivity contribution >= 4 is 18.3 Å². The number of halogens is 1. The Bertz CT molecular complexity index is 185. The van der Waals surface area contributed by atoms with Crippen molar-refractivity contribution in [3.8, 4) is 0 Å². The van der Waals surface area contributed by atoms with Gasteiger partial charge in [0, 0.05) is 19.7 Å². The molecule has 0 bridgehead atoms. The molecule has 1 amide bonds. The van der Waals surface area contributed by atoms with Crippen LogP contribution in [-0.2, 0) is 9.53 Å². The van der Waals surface area contributed by atoms with Gasteiger partial charge in [0.1, 0.15) is 0 Å². The van der Waals surface area contributed by atoms with E-state index in [0.29, 0.717) is 13.2 Å². The lowest BCUT2D eigenvalue weighted by Crippen LogP contribution is -2.48. The van der Waals surface area contributed by atoms with Gasteiger partial charge in [-0.05, 0) is 19.8 Å². The fourth-order valence-corrected chi connectivity index (χ4v) is 1.65. The number of methoxy groups -OCH3 is 1. The van der Waals surface area contributed by atoms with Crippen LogP contribution in [0.25, 0.3) is 0 Å². The van der Waals surface area contributed by atoms with Crippen LogP contribution < -0.4 is 5.73 Å². The van der Waals surface area contributed by atoms with E-state index in [2.05, 4.69) is 13.8 Å². The predicted molar refractivity (Wildman–Crippen MR) is 68.9 cm³/mol. The minimum absolute atomic E-state index is 0. The summed E-state index contributed by atoms with van der Waals surface area (Å²) in [4.78, 5) is 13.7. The number of rotatable bonds is 7. The highest BCUT2D eigenvalue weighted by atomic mass is 35.5. The SMILES string of the molecule is CCC(CC)N(CCOC)C(=O)C(C)N.Cl. The third kappa shape index (κ3) is 5.68. The Morgan fingerprint density at radius 1 is 1.38 bits per heavy atom. The van der Waals surface area contributed by atoms with Gasteiger partial charge in [0.05, 0.1) is 12.6 Å². The normalized spacial score (nSPS) is 12.1. The molecule has 0 aromatic heterocycles. The molecule has 16 heavy (non-hydrogen) atoms. The van der Waals surface area contributed by atoms with Crippen molar-refractivity contribution in [3.05, 3.63) is 0 Å². The first-order valence-corrected chi connectivity index (χ1v) is 5.63. The molecule has 4 nitrogen and oxygen atoms in total. The number of carbonyl (C=O) groups is 1. The lowest BCUT2D eigenvalue weighted by molar-refractivity contribution is -0.135. The van der Waals surface area contributed by atoms with Gasteiger partial charge < -0.3 is 15.4 Å². The van der Waals surface area contributed by atoms with E-state index in [1.165, 1.54) is 0 Å². The summed E-state index contributed by atoms with van der Waals surface area (Å²) in [5.41, 5.74) is 5.62. The van der Waals surface area contributed by atoms with Crippen molar-refractivity contribution < 1.29 is 9.53 Å². The van der Waals surface area contributed by atoms with E-state index in [9.17, 15) is 4.79 Å². The zero-order valence-corrected chi connectivity index (χ0v) is 11.5. The molecule has 2 N–H and O–H groups in total. The summed E-state index contributed by atoms with van der Waals surface area (Å²) < 4.78 is 5.01. The number of hydrogen-bond acceptors (Lipinski definition) is 3. The van der Waals surface area contributed by atoms with E-state index in [-0.39, 0.29) is 24.4 Å². The minimum atomic E-state index is -0.428. The second-order valence-corrected chi connectivity index (χ2v) is 3.78. The van der Waals surface area contributed by atoms with Crippen LogP contribution in [0.5, 0.6) is 0 Å². The minimum Gasteiger partial charge on any atom is -0.383 e. The fraction of sp³-hybridized carbons (Fsp3) is 0.909. The average Bonchev–Trinajstić information content (AvgIpc) is 2.23. The zero-order valence-electron chi connectivity index (χ0n) is 10.7. The third-order valence-electron chi connectivity index (χ3n) is 2.59. The first-order valence-electron chi connectivity index (χ1n) is 5.63. The number of ether oxygens (including phenoxy) is 1. The molecule has 0 aromatic carbocycles. The maximum Gasteiger partial charge on any atom is 0.239 e. The molecule has 0 aliphatic carbocycles. The Morgan fingerprint density at radius 2 is 1.88 bits per heavy atom. The zero-order chi connectivity index (χ0) is 11.8. The maximum absolute atomic E-state index is 11.9. The van der Waals surface area contributed by atoms with Gasteiger partial charge >= 0.3 is 0 Å². The number of carbonyl (C=O) groups excluding carboxylic acids is 1. The molecule has 1 unspecified atom stereocenters. The maximum atomic E-state index is 11.9. The molecule has 0 heterocycles. The van der Waals surface area contributed by atoms with E-state index >= 15 is 0 Å². The largest absolute Gasteiger partial charge is 0.383 e. The lowest BCUT2D eigenvalue weighted by atomic mass is 10.1. The van der Waals surface area contributed by atoms with E-state index < -0.39 is 6.04 Å². The molecule has 0 spiro atoms. The Morgan fingerprint density at radius 3 is 2.19 bits per heavy atom. The first kappa shape index (κ1) is 18.1. The summed E-state index contributed by atoms with van der Waals surface area (Å²) in [7, 11) is 1.64. The smallest absolute Gasteiger partial charge is 0.239 e. The molecule has 0 saturated heterocycles. The van der Waals surface area contributed by atoms with Crippen LogP contribution >= 0.6 is 12.4 Å². The summed E-state index contributed by atoms with van der Waals surface area (Å²) >= 11 is 0. The summed E-state index contributed by atoms with van der Waals surface area (Å²) in [5, 5.41) is 0. The van der Waals surface area contributed by atoms with Gasteiger partial charge in [-0.15, -0.1) is 12.4 Å². The monoisotopic (exact) mass is 252 g/mol. The molecule has 0 aliphatic rings. The van der Waals surface area contributed by atoms with E-state index in [0.717, 1.165) is 12.8 Å². The highest BCUT2D eigenvalue weighted by Gasteiger charge is 2.22. The van der Waals surface area contributed by atoms with Crippen molar-refractivity contribution in [2.24, 2.45) is 5.73 Å². The number of nitrogens with two attached hydrogens (primary N) is 1. The van der Waals surface area contributed by atoms with Gasteiger partial charge in [-0.1, -0.05) is 13.8 Å². The molecule has 0 rings (SSSR count). The first-order chi connectivity index (χ1) is 7.08. The number of hydrogen-bond donors (Lipinski definition) is 1. The van der Waals surface area contributed by atoms with Crippen molar-refractivity contribution in [2.75, 3.05) is 20.3 Å². The molecule has 0 radical (unpaired) electrons. The second kappa shape index (κ2) is 9.87. The van der Waals surface area contributed by atoms with Gasteiger partial charge in [-0.3, -0.25) is 4.79 Å². The highest BCUT2D eigenvalue weighted by molar-refractivity contribution is 5.85. The van der Waals surface area contributed by atoms with Gasteiger partial charge in [-0.2, -0.15) is 0 Å². The van der Waals surface area contributed by atoms with Crippen LogP contribution in [0.3, 0.4) is 0 Å². The predicted octanol–water partition coefficient (Wildman–Crippen LogP) is 1.42. The van der Waals surface area contributed by atoms with E-state index in [4.69, 9.17) is 10.5 Å². The van der Waals surface area contributed by atoms with Gasteiger partial charge in [0.15, 0.2) is 0 Å². The van der Waals surface area contributed by atoms with Crippen LogP contribution in [0.15, 0.2) is 0 Å². The third-order valence-corrected chi connectivity index (χ3v) is 2.59. The molecule has 5 heteroatoms. The molecule has 0 aliphatic heterocycles. The van der Waals surface area contributed by atoms with Crippen molar-refractivity contribution in [1.82, 2.24) is 4.90 Å². The Balaban J connectivity index is 0. The highest BCUT2D eigenvalue weighted by Crippen LogP contribution is 2.09. The number of amides is 1. The summed E-state index contributed by atoms with van der Waals surface area (Å²) in [6.07, 6.45) is 1.91. The van der Waals surface area contributed by atoms with Crippen LogP contribution in [0.4, 0.5) is 0 Å². The van der Waals surface area contributed by atoms with Gasteiger partial charge in [0.25, 0.3) is 0 Å². The Kier molecular flexibility index (Phi) is 11.1. The van der Waals surface area contributed by atoms with Gasteiger partial charge in [0.2, 0.25) is 5.91 Å². The molecular formula is C11H25ClN2O2. The van der Waals surface area contributed by atoms with E-state index in [1.807, 2.05) is 4.90 Å². The molecule has 1 atom stereocenters. The summed E-state index contributed by atoms with van der Waals surface area (Å²) in [5.74, 6) is 0.0146. The topological polar surface area (TPSA) is 55.6 Å². The summed E-state index contributed by atoms with van der Waals surface area (Å²) in [6.45, 7) is 7.09. The Hall–Kier alpha value is -0.320. The van der Waals surface area contributed by atoms with Crippen molar-refractivity contribution in [1.29, 1.82) is 0 Å². The van der Waals surface area contributed by atoms with Crippen molar-refractivity contribution in [2.45, 2.75) is 45.7 Å². The standard InChI is InChI=1S/C11H24N2O2.ClH/c1-5-10(6-2)13(7-8-15-4)11(14)9(3)12;/h9-10H,5-8,12H2,1-4H3;1H. The molecular weight excluding hydrogens is 228 g/mol. The van der Waals surface area contributed by atoms with Crippen LogP contribution in [-0.4, -0.2) is 43.2 Å². The van der Waals surface area contributed by atoms with Crippen molar-refractivity contribution in [3.63, 3.8) is 0 Å². The second-order valence-electron chi connectivity index (χ2n) is 3.78. The lowest BCUT2D eigenvalue weighted by Gasteiger charge is -2.31. The van der Waals surface area contributed by atoms with Crippen LogP contribution in [0, 0.1) is 0 Å². The fourth-order valence-electron chi connectivity index (χ4n) is 1.65. The van der Waals surface area contributed by atoms with Crippen LogP contribution in [0.1, 0.15) is 33.6 Å². The molecule has 98 valence electrons. The summed E-state index contributed by atoms with van der Waals surface area (Å²) in [6, 6.07) is -0.152.